The van der Waals surface area contributed by atoms with E-state index in [0.29, 0.717) is 11.0 Å². The van der Waals surface area contributed by atoms with Gasteiger partial charge in [0.1, 0.15) is 11.5 Å². The highest BCUT2D eigenvalue weighted by molar-refractivity contribution is 6.17. The van der Waals surface area contributed by atoms with Crippen LogP contribution in [0, 0.1) is 11.6 Å². The molecule has 1 aromatic carbocycles. The number of hydrogen-bond acceptors (Lipinski definition) is 4. The standard InChI is InChI=1S/C13H10F4N2O3/c14-6-1-2-7(11(15)10(6)12(16)17)18-8-5-9(21)19(3-4-20)13(8)22/h1-2,5,12,18,20H,3-4H2. The molecule has 118 valence electrons. The fraction of sp³-hybridized carbons (Fsp3) is 0.231. The van der Waals surface area contributed by atoms with Gasteiger partial charge in [0.25, 0.3) is 18.2 Å². The van der Waals surface area contributed by atoms with Gasteiger partial charge in [0.2, 0.25) is 0 Å². The van der Waals surface area contributed by atoms with Crippen molar-refractivity contribution in [2.45, 2.75) is 6.43 Å². The molecule has 0 unspecified atom stereocenters. The summed E-state index contributed by atoms with van der Waals surface area (Å²) in [6.45, 7) is -0.716. The first-order valence-electron chi connectivity index (χ1n) is 6.08. The number of rotatable bonds is 5. The van der Waals surface area contributed by atoms with Crippen molar-refractivity contribution in [1.29, 1.82) is 0 Å². The SMILES string of the molecule is O=C1C=C(Nc2ccc(F)c(C(F)F)c2F)C(=O)N1CCO. The van der Waals surface area contributed by atoms with Gasteiger partial charge in [-0.25, -0.2) is 17.6 Å². The summed E-state index contributed by atoms with van der Waals surface area (Å²) in [6.07, 6.45) is -2.54. The molecule has 0 atom stereocenters. The maximum Gasteiger partial charge on any atom is 0.277 e. The molecule has 0 saturated heterocycles. The molecule has 2 N–H and O–H groups in total. The molecule has 0 aromatic heterocycles. The van der Waals surface area contributed by atoms with Gasteiger partial charge in [-0.15, -0.1) is 0 Å². The Hall–Kier alpha value is -2.42. The monoisotopic (exact) mass is 318 g/mol. The molecule has 2 rings (SSSR count). The van der Waals surface area contributed by atoms with Crippen molar-refractivity contribution >= 4 is 17.5 Å². The molecule has 2 amide bonds. The lowest BCUT2D eigenvalue weighted by molar-refractivity contribution is -0.137. The van der Waals surface area contributed by atoms with Gasteiger partial charge in [0.15, 0.2) is 5.82 Å². The first-order chi connectivity index (χ1) is 10.4. The fourth-order valence-corrected chi connectivity index (χ4v) is 1.92. The summed E-state index contributed by atoms with van der Waals surface area (Å²) in [5.41, 5.74) is -2.34. The van der Waals surface area contributed by atoms with E-state index in [0.717, 1.165) is 12.1 Å². The number of β-amino-alcohol motifs (C(OH)–C–C–N with tert-alkyl or cyclic N) is 1. The minimum absolute atomic E-state index is 0.256. The smallest absolute Gasteiger partial charge is 0.277 e. The number of hydrogen-bond donors (Lipinski definition) is 2. The zero-order valence-electron chi connectivity index (χ0n) is 10.9. The Kier molecular flexibility index (Phi) is 4.45. The van der Waals surface area contributed by atoms with Gasteiger partial charge in [-0.05, 0) is 12.1 Å². The van der Waals surface area contributed by atoms with Gasteiger partial charge in [0, 0.05) is 6.08 Å². The molecule has 22 heavy (non-hydrogen) atoms. The van der Waals surface area contributed by atoms with Crippen LogP contribution < -0.4 is 5.32 Å². The van der Waals surface area contributed by atoms with E-state index in [4.69, 9.17) is 5.11 Å². The molecule has 0 aliphatic carbocycles. The van der Waals surface area contributed by atoms with E-state index < -0.39 is 47.7 Å². The number of benzene rings is 1. The summed E-state index contributed by atoms with van der Waals surface area (Å²) in [7, 11) is 0. The molecule has 5 nitrogen and oxygen atoms in total. The highest BCUT2D eigenvalue weighted by Crippen LogP contribution is 2.30. The summed E-state index contributed by atoms with van der Waals surface area (Å²) >= 11 is 0. The third-order valence-electron chi connectivity index (χ3n) is 2.95. The number of nitrogens with one attached hydrogen (secondary N) is 1. The second-order valence-corrected chi connectivity index (χ2v) is 4.32. The number of halogens is 4. The van der Waals surface area contributed by atoms with E-state index in [2.05, 4.69) is 5.32 Å². The summed E-state index contributed by atoms with van der Waals surface area (Å²) in [4.78, 5) is 24.0. The van der Waals surface area contributed by atoms with Gasteiger partial charge in [0.05, 0.1) is 24.4 Å². The molecule has 0 bridgehead atoms. The molecule has 0 spiro atoms. The Morgan fingerprint density at radius 1 is 1.23 bits per heavy atom. The van der Waals surface area contributed by atoms with Gasteiger partial charge >= 0.3 is 0 Å². The van der Waals surface area contributed by atoms with Crippen molar-refractivity contribution in [3.8, 4) is 0 Å². The predicted molar refractivity (Wildman–Crippen MR) is 66.8 cm³/mol. The first kappa shape index (κ1) is 16.0. The lowest BCUT2D eigenvalue weighted by Gasteiger charge is -2.14. The third-order valence-corrected chi connectivity index (χ3v) is 2.95. The molecule has 0 saturated carbocycles. The van der Waals surface area contributed by atoms with Crippen molar-refractivity contribution in [1.82, 2.24) is 4.90 Å². The highest BCUT2D eigenvalue weighted by Gasteiger charge is 2.31. The molecular formula is C13H10F4N2O3. The molecule has 9 heteroatoms. The minimum Gasteiger partial charge on any atom is -0.395 e. The number of alkyl halides is 2. The Labute approximate surface area is 121 Å². The zero-order valence-corrected chi connectivity index (χ0v) is 10.9. The van der Waals surface area contributed by atoms with Crippen LogP contribution in [0.2, 0.25) is 0 Å². The number of imide groups is 1. The van der Waals surface area contributed by atoms with E-state index in [-0.39, 0.29) is 12.2 Å². The minimum atomic E-state index is -3.37. The number of anilines is 1. The second-order valence-electron chi connectivity index (χ2n) is 4.32. The number of amides is 2. The average Bonchev–Trinajstić information content (AvgIpc) is 2.70. The van der Waals surface area contributed by atoms with Gasteiger partial charge in [-0.1, -0.05) is 0 Å². The van der Waals surface area contributed by atoms with E-state index in [1.807, 2.05) is 0 Å². The van der Waals surface area contributed by atoms with Crippen molar-refractivity contribution in [2.75, 3.05) is 18.5 Å². The van der Waals surface area contributed by atoms with Gasteiger partial charge in [-0.2, -0.15) is 0 Å². The number of nitrogens with zero attached hydrogens (tertiary/aromatic N) is 1. The average molecular weight is 318 g/mol. The van der Waals surface area contributed by atoms with Crippen LogP contribution in [0.1, 0.15) is 12.0 Å². The van der Waals surface area contributed by atoms with E-state index >= 15 is 0 Å². The highest BCUT2D eigenvalue weighted by atomic mass is 19.3. The van der Waals surface area contributed by atoms with Gasteiger partial charge < -0.3 is 10.4 Å². The zero-order chi connectivity index (χ0) is 16.4. The van der Waals surface area contributed by atoms with E-state index in [1.54, 1.807) is 0 Å². The third kappa shape index (κ3) is 2.80. The topological polar surface area (TPSA) is 69.6 Å². The Bertz CT molecular complexity index is 661. The molecule has 1 aliphatic heterocycles. The number of carbonyl (C=O) groups excluding carboxylic acids is 2. The summed E-state index contributed by atoms with van der Waals surface area (Å²) in [5, 5.41) is 10.9. The van der Waals surface area contributed by atoms with E-state index in [1.165, 1.54) is 0 Å². The van der Waals surface area contributed by atoms with Crippen LogP contribution in [0.4, 0.5) is 23.2 Å². The maximum absolute atomic E-state index is 13.8. The van der Waals surface area contributed by atoms with Crippen LogP contribution in [0.3, 0.4) is 0 Å². The summed E-state index contributed by atoms with van der Waals surface area (Å²) in [5.74, 6) is -4.54. The van der Waals surface area contributed by atoms with Crippen LogP contribution in [0.25, 0.3) is 0 Å². The summed E-state index contributed by atoms with van der Waals surface area (Å²) < 4.78 is 52.2. The van der Waals surface area contributed by atoms with Crippen LogP contribution in [-0.4, -0.2) is 35.0 Å². The Morgan fingerprint density at radius 2 is 1.91 bits per heavy atom. The number of aliphatic hydroxyl groups excluding tert-OH is 1. The van der Waals surface area contributed by atoms with Crippen molar-refractivity contribution in [2.24, 2.45) is 0 Å². The van der Waals surface area contributed by atoms with Crippen LogP contribution in [0.15, 0.2) is 23.9 Å². The molecular weight excluding hydrogens is 308 g/mol. The normalized spacial score (nSPS) is 14.8. The lowest BCUT2D eigenvalue weighted by Crippen LogP contribution is -2.34. The predicted octanol–water partition coefficient (Wildman–Crippen LogP) is 1.56. The Morgan fingerprint density at radius 3 is 2.50 bits per heavy atom. The molecule has 1 aromatic rings. The lowest BCUT2D eigenvalue weighted by atomic mass is 10.1. The molecule has 0 fully saturated rings. The molecule has 1 aliphatic rings. The largest absolute Gasteiger partial charge is 0.395 e. The van der Waals surface area contributed by atoms with Gasteiger partial charge in [-0.3, -0.25) is 14.5 Å². The van der Waals surface area contributed by atoms with Crippen molar-refractivity contribution in [3.63, 3.8) is 0 Å². The van der Waals surface area contributed by atoms with Crippen LogP contribution in [-0.2, 0) is 9.59 Å². The quantitative estimate of drug-likeness (QED) is 0.638. The first-order valence-corrected chi connectivity index (χ1v) is 6.08. The number of carbonyl (C=O) groups is 2. The van der Waals surface area contributed by atoms with Crippen molar-refractivity contribution in [3.05, 3.63) is 41.1 Å². The van der Waals surface area contributed by atoms with Crippen molar-refractivity contribution < 1.29 is 32.3 Å². The Balaban J connectivity index is 2.29. The van der Waals surface area contributed by atoms with Crippen LogP contribution >= 0.6 is 0 Å². The summed E-state index contributed by atoms with van der Waals surface area (Å²) in [6, 6.07) is 1.46. The molecule has 0 radical (unpaired) electrons. The fourth-order valence-electron chi connectivity index (χ4n) is 1.92. The maximum atomic E-state index is 13.8. The number of aliphatic hydroxyl groups is 1. The molecule has 1 heterocycles. The van der Waals surface area contributed by atoms with E-state index in [9.17, 15) is 27.2 Å². The van der Waals surface area contributed by atoms with Crippen LogP contribution in [0.5, 0.6) is 0 Å². The second kappa shape index (κ2) is 6.14.